The maximum atomic E-state index is 5.70. The SMILES string of the molecule is c1ccc(Oc2ccnc(N3CCOCC3)n2)cc1. The molecule has 0 amide bonds. The Bertz CT molecular complexity index is 527. The van der Waals surface area contributed by atoms with Gasteiger partial charge >= 0.3 is 0 Å². The molecule has 0 radical (unpaired) electrons. The lowest BCUT2D eigenvalue weighted by Gasteiger charge is -2.26. The van der Waals surface area contributed by atoms with Gasteiger partial charge in [0, 0.05) is 25.4 Å². The molecule has 0 N–H and O–H groups in total. The number of ether oxygens (including phenoxy) is 2. The van der Waals surface area contributed by atoms with Gasteiger partial charge in [0.25, 0.3) is 0 Å². The molecule has 0 unspecified atom stereocenters. The van der Waals surface area contributed by atoms with Crippen molar-refractivity contribution in [1.82, 2.24) is 9.97 Å². The molecule has 19 heavy (non-hydrogen) atoms. The first-order chi connectivity index (χ1) is 9.42. The second kappa shape index (κ2) is 5.67. The second-order valence-electron chi connectivity index (χ2n) is 4.21. The summed E-state index contributed by atoms with van der Waals surface area (Å²) in [6.45, 7) is 3.06. The summed E-state index contributed by atoms with van der Waals surface area (Å²) in [5.41, 5.74) is 0. The molecule has 1 aromatic carbocycles. The highest BCUT2D eigenvalue weighted by Crippen LogP contribution is 2.20. The molecule has 5 heteroatoms. The molecule has 1 aromatic heterocycles. The van der Waals surface area contributed by atoms with E-state index in [0.29, 0.717) is 25.0 Å². The zero-order valence-electron chi connectivity index (χ0n) is 10.5. The van der Waals surface area contributed by atoms with E-state index in [-0.39, 0.29) is 0 Å². The molecule has 98 valence electrons. The number of rotatable bonds is 3. The average molecular weight is 257 g/mol. The molecule has 3 rings (SSSR count). The summed E-state index contributed by atoms with van der Waals surface area (Å²) >= 11 is 0. The first-order valence-corrected chi connectivity index (χ1v) is 6.30. The molecule has 0 aliphatic carbocycles. The third kappa shape index (κ3) is 3.00. The van der Waals surface area contributed by atoms with Gasteiger partial charge in [0.1, 0.15) is 5.75 Å². The van der Waals surface area contributed by atoms with Gasteiger partial charge in [-0.25, -0.2) is 4.98 Å². The van der Waals surface area contributed by atoms with Gasteiger partial charge in [-0.05, 0) is 12.1 Å². The van der Waals surface area contributed by atoms with Crippen molar-refractivity contribution in [2.75, 3.05) is 31.2 Å². The number of anilines is 1. The lowest BCUT2D eigenvalue weighted by atomic mass is 10.3. The number of aromatic nitrogens is 2. The number of para-hydroxylation sites is 1. The summed E-state index contributed by atoms with van der Waals surface area (Å²) in [6, 6.07) is 11.4. The molecule has 2 aromatic rings. The molecule has 2 heterocycles. The van der Waals surface area contributed by atoms with Crippen LogP contribution >= 0.6 is 0 Å². The summed E-state index contributed by atoms with van der Waals surface area (Å²) in [7, 11) is 0. The van der Waals surface area contributed by atoms with Crippen LogP contribution in [0.4, 0.5) is 5.95 Å². The topological polar surface area (TPSA) is 47.5 Å². The van der Waals surface area contributed by atoms with Gasteiger partial charge < -0.3 is 14.4 Å². The highest BCUT2D eigenvalue weighted by atomic mass is 16.5. The summed E-state index contributed by atoms with van der Waals surface area (Å²) in [4.78, 5) is 10.8. The van der Waals surface area contributed by atoms with Crippen LogP contribution in [0.5, 0.6) is 11.6 Å². The minimum atomic E-state index is 0.558. The Morgan fingerprint density at radius 1 is 1.05 bits per heavy atom. The Hall–Kier alpha value is -2.14. The molecular formula is C14H15N3O2. The first kappa shape index (κ1) is 11.9. The second-order valence-corrected chi connectivity index (χ2v) is 4.21. The van der Waals surface area contributed by atoms with Crippen molar-refractivity contribution in [2.45, 2.75) is 0 Å². The average Bonchev–Trinajstić information content (AvgIpc) is 2.49. The van der Waals surface area contributed by atoms with Gasteiger partial charge in [0.15, 0.2) is 0 Å². The van der Waals surface area contributed by atoms with Crippen LogP contribution in [0.25, 0.3) is 0 Å². The van der Waals surface area contributed by atoms with E-state index < -0.39 is 0 Å². The van der Waals surface area contributed by atoms with Gasteiger partial charge in [-0.1, -0.05) is 18.2 Å². The molecule has 1 fully saturated rings. The predicted octanol–water partition coefficient (Wildman–Crippen LogP) is 2.11. The van der Waals surface area contributed by atoms with Gasteiger partial charge in [0.05, 0.1) is 13.2 Å². The van der Waals surface area contributed by atoms with Crippen LogP contribution in [0.3, 0.4) is 0 Å². The van der Waals surface area contributed by atoms with E-state index in [1.165, 1.54) is 0 Å². The van der Waals surface area contributed by atoms with Crippen molar-refractivity contribution in [1.29, 1.82) is 0 Å². The van der Waals surface area contributed by atoms with Gasteiger partial charge in [-0.15, -0.1) is 0 Å². The maximum absolute atomic E-state index is 5.70. The molecule has 0 saturated carbocycles. The Balaban J connectivity index is 1.76. The van der Waals surface area contributed by atoms with Crippen LogP contribution in [0, 0.1) is 0 Å². The van der Waals surface area contributed by atoms with Crippen molar-refractivity contribution >= 4 is 5.95 Å². The van der Waals surface area contributed by atoms with E-state index in [0.717, 1.165) is 18.8 Å². The Morgan fingerprint density at radius 3 is 2.63 bits per heavy atom. The Kier molecular flexibility index (Phi) is 3.56. The molecule has 5 nitrogen and oxygen atoms in total. The molecule has 1 aliphatic rings. The number of benzene rings is 1. The fourth-order valence-electron chi connectivity index (χ4n) is 1.91. The standard InChI is InChI=1S/C14H15N3O2/c1-2-4-12(5-3-1)19-13-6-7-15-14(16-13)17-8-10-18-11-9-17/h1-7H,8-11H2. The van der Waals surface area contributed by atoms with Crippen LogP contribution < -0.4 is 9.64 Å². The lowest BCUT2D eigenvalue weighted by molar-refractivity contribution is 0.122. The minimum absolute atomic E-state index is 0.558. The van der Waals surface area contributed by atoms with Crippen LogP contribution in [0.15, 0.2) is 42.6 Å². The quantitative estimate of drug-likeness (QED) is 0.842. The van der Waals surface area contributed by atoms with Crippen LogP contribution in [-0.2, 0) is 4.74 Å². The maximum Gasteiger partial charge on any atom is 0.228 e. The monoisotopic (exact) mass is 257 g/mol. The highest BCUT2D eigenvalue weighted by molar-refractivity contribution is 5.34. The highest BCUT2D eigenvalue weighted by Gasteiger charge is 2.14. The first-order valence-electron chi connectivity index (χ1n) is 6.30. The van der Waals surface area contributed by atoms with Crippen molar-refractivity contribution in [2.24, 2.45) is 0 Å². The van der Waals surface area contributed by atoms with Gasteiger partial charge in [-0.2, -0.15) is 4.98 Å². The van der Waals surface area contributed by atoms with Crippen molar-refractivity contribution in [3.8, 4) is 11.6 Å². The van der Waals surface area contributed by atoms with Crippen LogP contribution in [0.2, 0.25) is 0 Å². The largest absolute Gasteiger partial charge is 0.439 e. The summed E-state index contributed by atoms with van der Waals surface area (Å²) in [5, 5.41) is 0. The molecule has 0 bridgehead atoms. The fraction of sp³-hybridized carbons (Fsp3) is 0.286. The minimum Gasteiger partial charge on any atom is -0.439 e. The zero-order chi connectivity index (χ0) is 12.9. The molecule has 0 spiro atoms. The molecule has 1 saturated heterocycles. The van der Waals surface area contributed by atoms with E-state index in [1.807, 2.05) is 30.3 Å². The molecule has 1 aliphatic heterocycles. The number of nitrogens with zero attached hydrogens (tertiary/aromatic N) is 3. The molecule has 0 atom stereocenters. The summed E-state index contributed by atoms with van der Waals surface area (Å²) in [5.74, 6) is 2.02. The van der Waals surface area contributed by atoms with E-state index >= 15 is 0 Å². The molecular weight excluding hydrogens is 242 g/mol. The van der Waals surface area contributed by atoms with Crippen LogP contribution in [-0.4, -0.2) is 36.3 Å². The van der Waals surface area contributed by atoms with Gasteiger partial charge in [-0.3, -0.25) is 0 Å². The third-order valence-electron chi connectivity index (χ3n) is 2.88. The van der Waals surface area contributed by atoms with Crippen LogP contribution in [0.1, 0.15) is 0 Å². The summed E-state index contributed by atoms with van der Waals surface area (Å²) in [6.07, 6.45) is 1.72. The van der Waals surface area contributed by atoms with E-state index in [2.05, 4.69) is 14.9 Å². The van der Waals surface area contributed by atoms with E-state index in [9.17, 15) is 0 Å². The van der Waals surface area contributed by atoms with E-state index in [4.69, 9.17) is 9.47 Å². The number of hydrogen-bond donors (Lipinski definition) is 0. The normalized spacial score (nSPS) is 15.3. The summed E-state index contributed by atoms with van der Waals surface area (Å²) < 4.78 is 11.0. The Labute approximate surface area is 111 Å². The lowest BCUT2D eigenvalue weighted by Crippen LogP contribution is -2.37. The third-order valence-corrected chi connectivity index (χ3v) is 2.88. The smallest absolute Gasteiger partial charge is 0.228 e. The number of hydrogen-bond acceptors (Lipinski definition) is 5. The van der Waals surface area contributed by atoms with Crippen molar-refractivity contribution < 1.29 is 9.47 Å². The Morgan fingerprint density at radius 2 is 1.84 bits per heavy atom. The number of morpholine rings is 1. The van der Waals surface area contributed by atoms with Crippen molar-refractivity contribution in [3.05, 3.63) is 42.6 Å². The predicted molar refractivity (Wildman–Crippen MR) is 71.6 cm³/mol. The van der Waals surface area contributed by atoms with Crippen molar-refractivity contribution in [3.63, 3.8) is 0 Å². The van der Waals surface area contributed by atoms with E-state index in [1.54, 1.807) is 12.3 Å². The van der Waals surface area contributed by atoms with Gasteiger partial charge in [0.2, 0.25) is 11.8 Å². The fourth-order valence-corrected chi connectivity index (χ4v) is 1.91. The zero-order valence-corrected chi connectivity index (χ0v) is 10.5.